The number of methoxy groups -OCH3 is 1. The molecule has 0 unspecified atom stereocenters. The van der Waals surface area contributed by atoms with E-state index in [2.05, 4.69) is 10.1 Å². The van der Waals surface area contributed by atoms with E-state index in [0.717, 1.165) is 24.6 Å². The third-order valence-electron chi connectivity index (χ3n) is 2.70. The van der Waals surface area contributed by atoms with Crippen LogP contribution in [0, 0.1) is 10.1 Å². The topological polar surface area (TPSA) is 137 Å². The van der Waals surface area contributed by atoms with Gasteiger partial charge in [0.2, 0.25) is 10.0 Å². The maximum atomic E-state index is 12.0. The molecule has 0 aliphatic rings. The van der Waals surface area contributed by atoms with Crippen LogP contribution in [0.5, 0.6) is 0 Å². The highest BCUT2D eigenvalue weighted by molar-refractivity contribution is 7.89. The lowest BCUT2D eigenvalue weighted by atomic mass is 10.3. The van der Waals surface area contributed by atoms with E-state index in [4.69, 9.17) is 10.6 Å². The number of anilines is 1. The Hall–Kier alpha value is -1.75. The molecule has 0 radical (unpaired) electrons. The highest BCUT2D eigenvalue weighted by atomic mass is 32.2. The second kappa shape index (κ2) is 7.88. The van der Waals surface area contributed by atoms with Crippen molar-refractivity contribution in [2.24, 2.45) is 5.84 Å². The quantitative estimate of drug-likeness (QED) is 0.262. The van der Waals surface area contributed by atoms with Crippen molar-refractivity contribution in [1.29, 1.82) is 0 Å². The van der Waals surface area contributed by atoms with Crippen molar-refractivity contribution in [2.45, 2.75) is 17.7 Å². The summed E-state index contributed by atoms with van der Waals surface area (Å²) in [7, 11) is -2.16. The number of rotatable bonds is 9. The Morgan fingerprint density at radius 2 is 2.10 bits per heavy atom. The number of hydrogen-bond acceptors (Lipinski definition) is 7. The smallest absolute Gasteiger partial charge is 0.293 e. The molecule has 0 saturated heterocycles. The summed E-state index contributed by atoms with van der Waals surface area (Å²) in [6.07, 6.45) is 1.36. The van der Waals surface area contributed by atoms with Gasteiger partial charge in [0, 0.05) is 26.3 Å². The van der Waals surface area contributed by atoms with Gasteiger partial charge in [-0.25, -0.2) is 13.1 Å². The van der Waals surface area contributed by atoms with Crippen LogP contribution in [0.2, 0.25) is 0 Å². The predicted octanol–water partition coefficient (Wildman–Crippen LogP) is 0.585. The van der Waals surface area contributed by atoms with Gasteiger partial charge in [-0.15, -0.1) is 0 Å². The molecule has 21 heavy (non-hydrogen) atoms. The number of unbranched alkanes of at least 4 members (excludes halogenated alkanes) is 1. The minimum Gasteiger partial charge on any atom is -0.385 e. The van der Waals surface area contributed by atoms with Gasteiger partial charge in [-0.3, -0.25) is 16.0 Å². The van der Waals surface area contributed by atoms with Gasteiger partial charge >= 0.3 is 0 Å². The van der Waals surface area contributed by atoms with Crippen LogP contribution in [0.15, 0.2) is 23.1 Å². The Kier molecular flexibility index (Phi) is 6.49. The van der Waals surface area contributed by atoms with E-state index in [1.807, 2.05) is 0 Å². The van der Waals surface area contributed by atoms with Crippen molar-refractivity contribution < 1.29 is 18.1 Å². The molecule has 0 spiro atoms. The van der Waals surface area contributed by atoms with Gasteiger partial charge in [0.15, 0.2) is 0 Å². The number of sulfonamides is 1. The molecule has 0 bridgehead atoms. The molecule has 1 aromatic carbocycles. The third kappa shape index (κ3) is 4.93. The minimum atomic E-state index is -3.73. The molecule has 0 aromatic heterocycles. The number of nitrogens with zero attached hydrogens (tertiary/aromatic N) is 1. The normalized spacial score (nSPS) is 11.3. The Labute approximate surface area is 122 Å². The Morgan fingerprint density at radius 3 is 2.67 bits per heavy atom. The minimum absolute atomic E-state index is 0.0674. The maximum Gasteiger partial charge on any atom is 0.293 e. The zero-order valence-corrected chi connectivity index (χ0v) is 12.4. The van der Waals surface area contributed by atoms with E-state index in [9.17, 15) is 18.5 Å². The molecule has 10 heteroatoms. The van der Waals surface area contributed by atoms with Crippen molar-refractivity contribution in [3.63, 3.8) is 0 Å². The number of nitrogen functional groups attached to an aromatic ring is 1. The maximum absolute atomic E-state index is 12.0. The van der Waals surface area contributed by atoms with Crippen molar-refractivity contribution in [1.82, 2.24) is 4.72 Å². The van der Waals surface area contributed by atoms with E-state index in [0.29, 0.717) is 13.0 Å². The van der Waals surface area contributed by atoms with Crippen LogP contribution in [0.4, 0.5) is 11.4 Å². The van der Waals surface area contributed by atoms with Gasteiger partial charge in [-0.05, 0) is 25.0 Å². The average Bonchev–Trinajstić information content (AvgIpc) is 2.46. The summed E-state index contributed by atoms with van der Waals surface area (Å²) in [5.74, 6) is 5.17. The molecule has 0 heterocycles. The highest BCUT2D eigenvalue weighted by Gasteiger charge is 2.19. The number of ether oxygens (including phenoxy) is 1. The lowest BCUT2D eigenvalue weighted by Gasteiger charge is -2.08. The lowest BCUT2D eigenvalue weighted by molar-refractivity contribution is -0.384. The van der Waals surface area contributed by atoms with Crippen LogP contribution in [0.3, 0.4) is 0 Å². The molecule has 118 valence electrons. The third-order valence-corrected chi connectivity index (χ3v) is 4.16. The van der Waals surface area contributed by atoms with E-state index < -0.39 is 14.9 Å². The van der Waals surface area contributed by atoms with Gasteiger partial charge in [0.05, 0.1) is 9.82 Å². The first kappa shape index (κ1) is 17.3. The summed E-state index contributed by atoms with van der Waals surface area (Å²) >= 11 is 0. The number of benzene rings is 1. The second-order valence-electron chi connectivity index (χ2n) is 4.18. The van der Waals surface area contributed by atoms with E-state index in [1.54, 1.807) is 7.11 Å². The van der Waals surface area contributed by atoms with E-state index in [-0.39, 0.29) is 22.8 Å². The fourth-order valence-corrected chi connectivity index (χ4v) is 2.72. The zero-order chi connectivity index (χ0) is 15.9. The predicted molar refractivity (Wildman–Crippen MR) is 77.2 cm³/mol. The first-order valence-corrected chi connectivity index (χ1v) is 7.64. The molecule has 0 aliphatic heterocycles. The number of nitrogens with one attached hydrogen (secondary N) is 2. The van der Waals surface area contributed by atoms with Crippen LogP contribution in [-0.2, 0) is 14.8 Å². The average molecular weight is 318 g/mol. The fraction of sp³-hybridized carbons (Fsp3) is 0.455. The molecule has 0 saturated carbocycles. The van der Waals surface area contributed by atoms with Crippen molar-refractivity contribution in [3.8, 4) is 0 Å². The largest absolute Gasteiger partial charge is 0.385 e. The van der Waals surface area contributed by atoms with Crippen LogP contribution < -0.4 is 16.0 Å². The fourth-order valence-electron chi connectivity index (χ4n) is 1.62. The SMILES string of the molecule is COCCCCNS(=O)(=O)c1ccc([N+](=O)[O-])c(NN)c1. The summed E-state index contributed by atoms with van der Waals surface area (Å²) in [6.45, 7) is 0.814. The number of hydrazine groups is 1. The lowest BCUT2D eigenvalue weighted by Crippen LogP contribution is -2.25. The number of hydrogen-bond donors (Lipinski definition) is 3. The summed E-state index contributed by atoms with van der Waals surface area (Å²) in [5, 5.41) is 10.7. The van der Waals surface area contributed by atoms with Crippen LogP contribution >= 0.6 is 0 Å². The molecule has 1 rings (SSSR count). The first-order valence-electron chi connectivity index (χ1n) is 6.16. The van der Waals surface area contributed by atoms with E-state index in [1.165, 1.54) is 0 Å². The Bertz CT molecular complexity index is 590. The number of nitro benzene ring substituents is 1. The first-order chi connectivity index (χ1) is 9.92. The van der Waals surface area contributed by atoms with Gasteiger partial charge in [0.1, 0.15) is 5.69 Å². The van der Waals surface area contributed by atoms with Crippen LogP contribution in [-0.4, -0.2) is 33.6 Å². The van der Waals surface area contributed by atoms with Gasteiger partial charge in [0.25, 0.3) is 5.69 Å². The van der Waals surface area contributed by atoms with Crippen molar-refractivity contribution >= 4 is 21.4 Å². The van der Waals surface area contributed by atoms with Crippen molar-refractivity contribution in [3.05, 3.63) is 28.3 Å². The summed E-state index contributed by atoms with van der Waals surface area (Å²) in [4.78, 5) is 10.0. The van der Waals surface area contributed by atoms with Crippen molar-refractivity contribution in [2.75, 3.05) is 25.7 Å². The highest BCUT2D eigenvalue weighted by Crippen LogP contribution is 2.26. The van der Waals surface area contributed by atoms with Gasteiger partial charge in [-0.1, -0.05) is 0 Å². The number of nitrogens with two attached hydrogens (primary N) is 1. The van der Waals surface area contributed by atoms with Gasteiger partial charge in [-0.2, -0.15) is 0 Å². The number of nitro groups is 1. The molecular formula is C11H18N4O5S. The summed E-state index contributed by atoms with van der Waals surface area (Å²) in [5.41, 5.74) is 1.76. The molecule has 4 N–H and O–H groups in total. The summed E-state index contributed by atoms with van der Waals surface area (Å²) < 4.78 is 31.3. The Morgan fingerprint density at radius 1 is 1.38 bits per heavy atom. The standard InChI is InChI=1S/C11H18N4O5S/c1-20-7-3-2-6-13-21(18,19)9-4-5-11(15(16)17)10(8-9)14-12/h4-5,8,13-14H,2-3,6-7,12H2,1H3. The molecular weight excluding hydrogens is 300 g/mol. The molecule has 0 amide bonds. The van der Waals surface area contributed by atoms with Crippen LogP contribution in [0.1, 0.15) is 12.8 Å². The Balaban J connectivity index is 2.81. The van der Waals surface area contributed by atoms with Gasteiger partial charge < -0.3 is 10.2 Å². The molecule has 0 atom stereocenters. The molecule has 9 nitrogen and oxygen atoms in total. The second-order valence-corrected chi connectivity index (χ2v) is 5.95. The summed E-state index contributed by atoms with van der Waals surface area (Å²) in [6, 6.07) is 3.38. The molecule has 0 fully saturated rings. The molecule has 1 aromatic rings. The molecule has 0 aliphatic carbocycles. The monoisotopic (exact) mass is 318 g/mol. The van der Waals surface area contributed by atoms with Crippen LogP contribution in [0.25, 0.3) is 0 Å². The zero-order valence-electron chi connectivity index (χ0n) is 11.5. The van der Waals surface area contributed by atoms with E-state index >= 15 is 0 Å².